The van der Waals surface area contributed by atoms with Gasteiger partial charge in [-0.1, -0.05) is 0 Å². The van der Waals surface area contributed by atoms with Crippen LogP contribution < -0.4 is 10.5 Å². The van der Waals surface area contributed by atoms with Gasteiger partial charge in [0.1, 0.15) is 11.8 Å². The molecule has 1 aromatic carbocycles. The van der Waals surface area contributed by atoms with Gasteiger partial charge in [0.15, 0.2) is 5.75 Å². The van der Waals surface area contributed by atoms with Crippen molar-refractivity contribution in [2.24, 2.45) is 7.05 Å². The fourth-order valence-electron chi connectivity index (χ4n) is 1.30. The quantitative estimate of drug-likeness (QED) is 0.771. The molecule has 0 aliphatic carbocycles. The Kier molecular flexibility index (Phi) is 2.48. The third-order valence-corrected chi connectivity index (χ3v) is 2.03. The highest BCUT2D eigenvalue weighted by molar-refractivity contribution is 5.54. The molecule has 0 amide bonds. The SMILES string of the molecule is Cn1cc(Oc2ccc(N)cc2C#N)cn1. The molecular weight excluding hydrogens is 204 g/mol. The molecule has 1 aromatic heterocycles. The number of benzene rings is 1. The number of nitrogen functional groups attached to an aromatic ring is 1. The molecule has 2 rings (SSSR count). The van der Waals surface area contributed by atoms with Gasteiger partial charge in [-0.15, -0.1) is 0 Å². The summed E-state index contributed by atoms with van der Waals surface area (Å²) >= 11 is 0. The summed E-state index contributed by atoms with van der Waals surface area (Å²) < 4.78 is 7.14. The number of aromatic nitrogens is 2. The summed E-state index contributed by atoms with van der Waals surface area (Å²) in [5.74, 6) is 1.06. The zero-order valence-electron chi connectivity index (χ0n) is 8.71. The van der Waals surface area contributed by atoms with Gasteiger partial charge >= 0.3 is 0 Å². The second kappa shape index (κ2) is 3.95. The molecule has 0 fully saturated rings. The molecule has 2 aromatic rings. The Hall–Kier alpha value is -2.48. The van der Waals surface area contributed by atoms with E-state index < -0.39 is 0 Å². The Bertz CT molecular complexity index is 553. The van der Waals surface area contributed by atoms with Crippen LogP contribution in [0.2, 0.25) is 0 Å². The number of nitrogens with zero attached hydrogens (tertiary/aromatic N) is 3. The number of anilines is 1. The first kappa shape index (κ1) is 10.1. The molecule has 0 aliphatic heterocycles. The Balaban J connectivity index is 2.31. The van der Waals surface area contributed by atoms with E-state index in [0.717, 1.165) is 0 Å². The number of hydrogen-bond donors (Lipinski definition) is 1. The van der Waals surface area contributed by atoms with Crippen molar-refractivity contribution < 1.29 is 4.74 Å². The molecule has 0 bridgehead atoms. The van der Waals surface area contributed by atoms with Gasteiger partial charge in [-0.3, -0.25) is 4.68 Å². The van der Waals surface area contributed by atoms with Gasteiger partial charge in [0, 0.05) is 12.7 Å². The fourth-order valence-corrected chi connectivity index (χ4v) is 1.30. The average Bonchev–Trinajstić information content (AvgIpc) is 2.67. The minimum absolute atomic E-state index is 0.406. The molecule has 0 atom stereocenters. The standard InChI is InChI=1S/C11H10N4O/c1-15-7-10(6-14-15)16-11-3-2-9(13)4-8(11)5-12/h2-4,6-7H,13H2,1H3. The van der Waals surface area contributed by atoms with Gasteiger partial charge in [0.25, 0.3) is 0 Å². The van der Waals surface area contributed by atoms with E-state index in [9.17, 15) is 0 Å². The van der Waals surface area contributed by atoms with Crippen molar-refractivity contribution in [1.82, 2.24) is 9.78 Å². The molecule has 0 aliphatic rings. The molecule has 2 N–H and O–H groups in total. The predicted molar refractivity (Wildman–Crippen MR) is 58.9 cm³/mol. The van der Waals surface area contributed by atoms with Crippen molar-refractivity contribution in [1.29, 1.82) is 5.26 Å². The fraction of sp³-hybridized carbons (Fsp3) is 0.0909. The number of ether oxygens (including phenoxy) is 1. The van der Waals surface area contributed by atoms with Crippen LogP contribution in [0.3, 0.4) is 0 Å². The maximum atomic E-state index is 8.92. The third-order valence-electron chi connectivity index (χ3n) is 2.03. The van der Waals surface area contributed by atoms with E-state index in [0.29, 0.717) is 22.7 Å². The topological polar surface area (TPSA) is 76.9 Å². The highest BCUT2D eigenvalue weighted by atomic mass is 16.5. The molecule has 0 spiro atoms. The van der Waals surface area contributed by atoms with Gasteiger partial charge in [-0.2, -0.15) is 10.4 Å². The van der Waals surface area contributed by atoms with Gasteiger partial charge in [0.05, 0.1) is 18.0 Å². The predicted octanol–water partition coefficient (Wildman–Crippen LogP) is 1.67. The molecular formula is C11H10N4O. The van der Waals surface area contributed by atoms with Crippen molar-refractivity contribution in [3.05, 3.63) is 36.2 Å². The first-order chi connectivity index (χ1) is 7.69. The highest BCUT2D eigenvalue weighted by Gasteiger charge is 2.06. The summed E-state index contributed by atoms with van der Waals surface area (Å²) in [4.78, 5) is 0. The summed E-state index contributed by atoms with van der Waals surface area (Å²) in [6, 6.07) is 6.96. The van der Waals surface area contributed by atoms with E-state index in [1.165, 1.54) is 0 Å². The Morgan fingerprint density at radius 3 is 2.94 bits per heavy atom. The van der Waals surface area contributed by atoms with E-state index in [-0.39, 0.29) is 0 Å². The minimum Gasteiger partial charge on any atom is -0.453 e. The Labute approximate surface area is 92.7 Å². The normalized spacial score (nSPS) is 9.75. The highest BCUT2D eigenvalue weighted by Crippen LogP contribution is 2.25. The smallest absolute Gasteiger partial charge is 0.165 e. The summed E-state index contributed by atoms with van der Waals surface area (Å²) in [6.45, 7) is 0. The molecule has 0 radical (unpaired) electrons. The largest absolute Gasteiger partial charge is 0.453 e. The van der Waals surface area contributed by atoms with Gasteiger partial charge in [-0.05, 0) is 18.2 Å². The van der Waals surface area contributed by atoms with Crippen LogP contribution >= 0.6 is 0 Å². The van der Waals surface area contributed by atoms with Crippen LogP contribution in [0.5, 0.6) is 11.5 Å². The molecule has 1 heterocycles. The average molecular weight is 214 g/mol. The van der Waals surface area contributed by atoms with Crippen molar-refractivity contribution in [3.8, 4) is 17.6 Å². The molecule has 16 heavy (non-hydrogen) atoms. The lowest BCUT2D eigenvalue weighted by Gasteiger charge is -2.05. The van der Waals surface area contributed by atoms with Crippen LogP contribution in [-0.4, -0.2) is 9.78 Å². The summed E-state index contributed by atoms with van der Waals surface area (Å²) in [5.41, 5.74) is 6.52. The molecule has 0 saturated heterocycles. The number of rotatable bonds is 2. The second-order valence-corrected chi connectivity index (χ2v) is 3.32. The van der Waals surface area contributed by atoms with Crippen LogP contribution in [0.4, 0.5) is 5.69 Å². The summed E-state index contributed by atoms with van der Waals surface area (Å²) in [7, 11) is 1.79. The van der Waals surface area contributed by atoms with Gasteiger partial charge < -0.3 is 10.5 Å². The lowest BCUT2D eigenvalue weighted by Crippen LogP contribution is -1.90. The molecule has 0 saturated carbocycles. The second-order valence-electron chi connectivity index (χ2n) is 3.32. The van der Waals surface area contributed by atoms with Crippen molar-refractivity contribution in [2.75, 3.05) is 5.73 Å². The first-order valence-corrected chi connectivity index (χ1v) is 4.65. The van der Waals surface area contributed by atoms with E-state index in [4.69, 9.17) is 15.7 Å². The van der Waals surface area contributed by atoms with E-state index >= 15 is 0 Å². The van der Waals surface area contributed by atoms with Gasteiger partial charge in [-0.25, -0.2) is 0 Å². The number of nitrogens with two attached hydrogens (primary N) is 1. The maximum absolute atomic E-state index is 8.92. The van der Waals surface area contributed by atoms with Crippen molar-refractivity contribution in [2.45, 2.75) is 0 Å². The third kappa shape index (κ3) is 1.96. The minimum atomic E-state index is 0.406. The van der Waals surface area contributed by atoms with Crippen LogP contribution in [0.25, 0.3) is 0 Å². The van der Waals surface area contributed by atoms with E-state index in [2.05, 4.69) is 5.10 Å². The summed E-state index contributed by atoms with van der Waals surface area (Å²) in [5, 5.41) is 12.9. The van der Waals surface area contributed by atoms with Crippen LogP contribution in [0.15, 0.2) is 30.6 Å². The number of hydrogen-bond acceptors (Lipinski definition) is 4. The Morgan fingerprint density at radius 2 is 2.31 bits per heavy atom. The van der Waals surface area contributed by atoms with E-state index in [1.807, 2.05) is 6.07 Å². The first-order valence-electron chi connectivity index (χ1n) is 4.65. The van der Waals surface area contributed by atoms with Crippen LogP contribution in [0.1, 0.15) is 5.56 Å². The van der Waals surface area contributed by atoms with E-state index in [1.54, 1.807) is 42.3 Å². The zero-order chi connectivity index (χ0) is 11.5. The lowest BCUT2D eigenvalue weighted by atomic mass is 10.2. The zero-order valence-corrected chi connectivity index (χ0v) is 8.71. The van der Waals surface area contributed by atoms with Crippen LogP contribution in [-0.2, 0) is 7.05 Å². The number of aryl methyl sites for hydroxylation is 1. The monoisotopic (exact) mass is 214 g/mol. The van der Waals surface area contributed by atoms with Crippen molar-refractivity contribution in [3.63, 3.8) is 0 Å². The molecule has 5 nitrogen and oxygen atoms in total. The Morgan fingerprint density at radius 1 is 1.50 bits per heavy atom. The molecule has 80 valence electrons. The number of nitriles is 1. The van der Waals surface area contributed by atoms with Gasteiger partial charge in [0.2, 0.25) is 0 Å². The van der Waals surface area contributed by atoms with Crippen molar-refractivity contribution >= 4 is 5.69 Å². The van der Waals surface area contributed by atoms with Crippen LogP contribution in [0, 0.1) is 11.3 Å². The lowest BCUT2D eigenvalue weighted by molar-refractivity contribution is 0.480. The molecule has 0 unspecified atom stereocenters. The molecule has 5 heteroatoms. The summed E-state index contributed by atoms with van der Waals surface area (Å²) in [6.07, 6.45) is 3.30. The maximum Gasteiger partial charge on any atom is 0.165 e.